The number of H-pyrrole nitrogens is 1. The topological polar surface area (TPSA) is 115 Å². The minimum Gasteiger partial charge on any atom is -0.339 e. The third kappa shape index (κ3) is 4.23. The number of pyridine rings is 1. The van der Waals surface area contributed by atoms with Gasteiger partial charge in [0.1, 0.15) is 12.1 Å². The van der Waals surface area contributed by atoms with Crippen molar-refractivity contribution in [2.24, 2.45) is 0 Å². The average Bonchev–Trinajstić information content (AvgIpc) is 3.53. The van der Waals surface area contributed by atoms with Crippen molar-refractivity contribution in [3.8, 4) is 0 Å². The molecular formula is C28H27N7O3. The largest absolute Gasteiger partial charge is 0.339 e. The van der Waals surface area contributed by atoms with Crippen LogP contribution in [0.15, 0.2) is 79.1 Å². The molecule has 4 aromatic rings. The highest BCUT2D eigenvalue weighted by Gasteiger charge is 2.54. The van der Waals surface area contributed by atoms with Gasteiger partial charge in [-0.2, -0.15) is 5.10 Å². The van der Waals surface area contributed by atoms with Crippen LogP contribution >= 0.6 is 0 Å². The van der Waals surface area contributed by atoms with Crippen molar-refractivity contribution in [2.75, 3.05) is 36.5 Å². The molecule has 192 valence electrons. The van der Waals surface area contributed by atoms with Gasteiger partial charge in [0, 0.05) is 36.0 Å². The Morgan fingerprint density at radius 1 is 0.974 bits per heavy atom. The van der Waals surface area contributed by atoms with Gasteiger partial charge >= 0.3 is 0 Å². The molecule has 2 N–H and O–H groups in total. The second-order valence-electron chi connectivity index (χ2n) is 9.68. The Labute approximate surface area is 219 Å². The van der Waals surface area contributed by atoms with E-state index < -0.39 is 5.54 Å². The molecule has 38 heavy (non-hydrogen) atoms. The molecule has 0 atom stereocenters. The van der Waals surface area contributed by atoms with Gasteiger partial charge in [0.25, 0.3) is 11.8 Å². The summed E-state index contributed by atoms with van der Waals surface area (Å²) in [5.41, 5.74) is 1.91. The Balaban J connectivity index is 1.21. The van der Waals surface area contributed by atoms with E-state index in [9.17, 15) is 14.4 Å². The van der Waals surface area contributed by atoms with Crippen molar-refractivity contribution in [3.63, 3.8) is 0 Å². The third-order valence-corrected chi connectivity index (χ3v) is 7.39. The molecule has 0 aliphatic carbocycles. The Hall–Kier alpha value is -4.73. The quantitative estimate of drug-likeness (QED) is 0.428. The van der Waals surface area contributed by atoms with E-state index in [1.165, 1.54) is 0 Å². The highest BCUT2D eigenvalue weighted by molar-refractivity contribution is 6.00. The summed E-state index contributed by atoms with van der Waals surface area (Å²) in [4.78, 5) is 49.7. The third-order valence-electron chi connectivity index (χ3n) is 7.39. The van der Waals surface area contributed by atoms with Crippen molar-refractivity contribution in [3.05, 3.63) is 84.7 Å². The smallest absolute Gasteiger partial charge is 0.255 e. The first-order valence-electron chi connectivity index (χ1n) is 12.6. The standard InChI is InChI=1S/C28H27N7O3/c36-24(31-22-7-3-1-4-8-22)18-34-19-35(23-9-5-2-6-10-23)28(27(34)38)11-13-33(14-12-28)26(37)21-15-20-17-30-32-25(20)29-16-21/h1-10,15-17H,11-14,18-19H2,(H,31,36)(H,29,30,32). The number of hydrogen-bond acceptors (Lipinski definition) is 6. The number of hydrogen-bond donors (Lipinski definition) is 2. The molecule has 6 rings (SSSR count). The summed E-state index contributed by atoms with van der Waals surface area (Å²) in [5, 5.41) is 10.4. The number of likely N-dealkylation sites (tertiary alicyclic amines) is 1. The first-order valence-corrected chi connectivity index (χ1v) is 12.6. The SMILES string of the molecule is O=C(CN1CN(c2ccccc2)C2(CCN(C(=O)c3cnc4[nH]ncc4c3)CC2)C1=O)Nc1ccccc1. The fraction of sp³-hybridized carbons (Fsp3) is 0.250. The Bertz CT molecular complexity index is 1480. The molecule has 0 radical (unpaired) electrons. The second kappa shape index (κ2) is 9.62. The molecule has 10 heteroatoms. The minimum atomic E-state index is -0.822. The summed E-state index contributed by atoms with van der Waals surface area (Å²) < 4.78 is 0. The number of carbonyl (C=O) groups is 3. The number of fused-ring (bicyclic) bond motifs is 1. The molecule has 0 saturated carbocycles. The zero-order chi connectivity index (χ0) is 26.1. The Kier molecular flexibility index (Phi) is 5.99. The first-order chi connectivity index (χ1) is 18.5. The fourth-order valence-electron chi connectivity index (χ4n) is 5.43. The molecule has 0 bridgehead atoms. The van der Waals surface area contributed by atoms with Crippen LogP contribution in [0.25, 0.3) is 11.0 Å². The van der Waals surface area contributed by atoms with Crippen LogP contribution in [0.1, 0.15) is 23.2 Å². The maximum absolute atomic E-state index is 13.9. The predicted octanol–water partition coefficient (Wildman–Crippen LogP) is 2.88. The van der Waals surface area contributed by atoms with E-state index >= 15 is 0 Å². The molecule has 3 amide bonds. The number of amides is 3. The van der Waals surface area contributed by atoms with Crippen LogP contribution < -0.4 is 10.2 Å². The summed E-state index contributed by atoms with van der Waals surface area (Å²) in [6.45, 7) is 1.10. The number of nitrogens with one attached hydrogen (secondary N) is 2. The molecular weight excluding hydrogens is 482 g/mol. The van der Waals surface area contributed by atoms with Gasteiger partial charge in [0.15, 0.2) is 5.65 Å². The summed E-state index contributed by atoms with van der Waals surface area (Å²) in [6.07, 6.45) is 4.12. The first kappa shape index (κ1) is 23.7. The van der Waals surface area contributed by atoms with Gasteiger partial charge in [-0.25, -0.2) is 4.98 Å². The van der Waals surface area contributed by atoms with Gasteiger partial charge in [-0.15, -0.1) is 0 Å². The summed E-state index contributed by atoms with van der Waals surface area (Å²) in [6, 6.07) is 20.8. The fourth-order valence-corrected chi connectivity index (χ4v) is 5.43. The molecule has 2 aromatic heterocycles. The number of para-hydroxylation sites is 2. The zero-order valence-corrected chi connectivity index (χ0v) is 20.7. The van der Waals surface area contributed by atoms with Crippen LogP contribution in [0.3, 0.4) is 0 Å². The van der Waals surface area contributed by atoms with Crippen molar-refractivity contribution >= 4 is 40.1 Å². The van der Waals surface area contributed by atoms with Gasteiger partial charge in [-0.1, -0.05) is 36.4 Å². The lowest BCUT2D eigenvalue weighted by Gasteiger charge is -2.43. The van der Waals surface area contributed by atoms with E-state index in [4.69, 9.17) is 0 Å². The molecule has 2 saturated heterocycles. The highest BCUT2D eigenvalue weighted by Crippen LogP contribution is 2.39. The lowest BCUT2D eigenvalue weighted by atomic mass is 9.85. The predicted molar refractivity (Wildman–Crippen MR) is 142 cm³/mol. The molecule has 4 heterocycles. The van der Waals surface area contributed by atoms with E-state index in [0.717, 1.165) is 11.1 Å². The molecule has 10 nitrogen and oxygen atoms in total. The van der Waals surface area contributed by atoms with Crippen LogP contribution in [-0.4, -0.2) is 74.5 Å². The second-order valence-corrected chi connectivity index (χ2v) is 9.68. The summed E-state index contributed by atoms with van der Waals surface area (Å²) in [5.74, 6) is -0.450. The van der Waals surface area contributed by atoms with Crippen LogP contribution in [0.2, 0.25) is 0 Å². The number of nitrogens with zero attached hydrogens (tertiary/aromatic N) is 5. The highest BCUT2D eigenvalue weighted by atomic mass is 16.2. The van der Waals surface area contributed by atoms with Crippen molar-refractivity contribution < 1.29 is 14.4 Å². The number of aromatic nitrogens is 3. The van der Waals surface area contributed by atoms with Gasteiger partial charge in [-0.3, -0.25) is 19.5 Å². The van der Waals surface area contributed by atoms with Gasteiger partial charge in [0.05, 0.1) is 18.4 Å². The molecule has 2 aromatic carbocycles. The number of carbonyl (C=O) groups excluding carboxylic acids is 3. The molecule has 2 fully saturated rings. The molecule has 2 aliphatic heterocycles. The number of aromatic amines is 1. The summed E-state index contributed by atoms with van der Waals surface area (Å²) >= 11 is 0. The molecule has 1 spiro atoms. The van der Waals surface area contributed by atoms with Crippen LogP contribution in [0.4, 0.5) is 11.4 Å². The van der Waals surface area contributed by atoms with E-state index in [0.29, 0.717) is 49.5 Å². The van der Waals surface area contributed by atoms with Crippen molar-refractivity contribution in [1.29, 1.82) is 0 Å². The maximum Gasteiger partial charge on any atom is 0.255 e. The lowest BCUT2D eigenvalue weighted by molar-refractivity contribution is -0.136. The van der Waals surface area contributed by atoms with E-state index in [2.05, 4.69) is 25.4 Å². The van der Waals surface area contributed by atoms with E-state index in [1.807, 2.05) is 60.7 Å². The van der Waals surface area contributed by atoms with E-state index in [1.54, 1.807) is 28.3 Å². The van der Waals surface area contributed by atoms with Crippen LogP contribution in [0.5, 0.6) is 0 Å². The van der Waals surface area contributed by atoms with Gasteiger partial charge in [-0.05, 0) is 43.2 Å². The summed E-state index contributed by atoms with van der Waals surface area (Å²) in [7, 11) is 0. The number of rotatable bonds is 5. The lowest BCUT2D eigenvalue weighted by Crippen LogP contribution is -2.57. The maximum atomic E-state index is 13.9. The Morgan fingerprint density at radius 2 is 1.68 bits per heavy atom. The minimum absolute atomic E-state index is 0.0438. The number of piperidine rings is 1. The van der Waals surface area contributed by atoms with Crippen LogP contribution in [-0.2, 0) is 9.59 Å². The van der Waals surface area contributed by atoms with Gasteiger partial charge < -0.3 is 20.0 Å². The van der Waals surface area contributed by atoms with E-state index in [-0.39, 0.29) is 24.3 Å². The molecule has 2 aliphatic rings. The monoisotopic (exact) mass is 509 g/mol. The van der Waals surface area contributed by atoms with Gasteiger partial charge in [0.2, 0.25) is 5.91 Å². The zero-order valence-electron chi connectivity index (χ0n) is 20.7. The molecule has 0 unspecified atom stereocenters. The normalized spacial score (nSPS) is 16.8. The van der Waals surface area contributed by atoms with Crippen LogP contribution in [0, 0.1) is 0 Å². The van der Waals surface area contributed by atoms with Crippen molar-refractivity contribution in [2.45, 2.75) is 18.4 Å². The number of anilines is 2. The average molecular weight is 510 g/mol. The van der Waals surface area contributed by atoms with Crippen molar-refractivity contribution in [1.82, 2.24) is 25.0 Å². The number of benzene rings is 2. The Morgan fingerprint density at radius 3 is 2.42 bits per heavy atom.